The van der Waals surface area contributed by atoms with Crippen molar-refractivity contribution in [3.8, 4) is 5.88 Å². The maximum Gasteiger partial charge on any atom is 0.574 e. The van der Waals surface area contributed by atoms with Crippen LogP contribution >= 0.6 is 0 Å². The van der Waals surface area contributed by atoms with Crippen molar-refractivity contribution >= 4 is 10.0 Å². The summed E-state index contributed by atoms with van der Waals surface area (Å²) in [6.07, 6.45) is -10.7. The van der Waals surface area contributed by atoms with E-state index in [1.807, 2.05) is 0 Å². The van der Waals surface area contributed by atoms with Crippen LogP contribution in [-0.4, -0.2) is 19.8 Å². The molecule has 21 heavy (non-hydrogen) atoms. The van der Waals surface area contributed by atoms with Gasteiger partial charge in [0.15, 0.2) is 5.69 Å². The number of halogens is 6. The van der Waals surface area contributed by atoms with E-state index in [1.165, 1.54) is 0 Å². The third kappa shape index (κ3) is 4.44. The minimum Gasteiger partial charge on any atom is -0.388 e. The van der Waals surface area contributed by atoms with Crippen molar-refractivity contribution in [3.63, 3.8) is 0 Å². The minimum absolute atomic E-state index is 0.322. The summed E-state index contributed by atoms with van der Waals surface area (Å²) < 4.78 is 99.9. The molecule has 0 aliphatic rings. The van der Waals surface area contributed by atoms with Crippen LogP contribution in [0.3, 0.4) is 0 Å². The van der Waals surface area contributed by atoms with Gasteiger partial charge in [0, 0.05) is 12.6 Å². The molecule has 0 aliphatic carbocycles. The van der Waals surface area contributed by atoms with Crippen molar-refractivity contribution in [2.24, 2.45) is 10.9 Å². The van der Waals surface area contributed by atoms with Gasteiger partial charge in [0.2, 0.25) is 15.9 Å². The van der Waals surface area contributed by atoms with Gasteiger partial charge >= 0.3 is 12.5 Å². The van der Waals surface area contributed by atoms with E-state index >= 15 is 0 Å². The van der Waals surface area contributed by atoms with Crippen LogP contribution in [-0.2, 0) is 22.7 Å². The zero-order valence-electron chi connectivity index (χ0n) is 9.79. The summed E-state index contributed by atoms with van der Waals surface area (Å²) in [7, 11) is -4.92. The number of hydrogen-bond acceptors (Lipinski definition) is 5. The van der Waals surface area contributed by atoms with Gasteiger partial charge in [-0.15, -0.1) is 13.2 Å². The lowest BCUT2D eigenvalue weighted by molar-refractivity contribution is -0.276. The van der Waals surface area contributed by atoms with Gasteiger partial charge in [-0.1, -0.05) is 0 Å². The highest BCUT2D eigenvalue weighted by atomic mass is 32.2. The lowest BCUT2D eigenvalue weighted by atomic mass is 10.2. The number of sulfonamides is 1. The molecule has 1 rings (SSSR count). The van der Waals surface area contributed by atoms with Crippen molar-refractivity contribution in [2.75, 3.05) is 0 Å². The molecule has 0 fully saturated rings. The molecule has 1 heterocycles. The average molecular weight is 339 g/mol. The highest BCUT2D eigenvalue weighted by Gasteiger charge is 2.42. The Bertz CT molecular complexity index is 640. The molecule has 4 N–H and O–H groups in total. The Balaban J connectivity index is 3.67. The molecule has 0 aromatic carbocycles. The maximum absolute atomic E-state index is 12.7. The first-order chi connectivity index (χ1) is 9.25. The number of primary sulfonamides is 1. The predicted octanol–water partition coefficient (Wildman–Crippen LogP) is 1.11. The molecule has 0 bridgehead atoms. The van der Waals surface area contributed by atoms with E-state index in [9.17, 15) is 34.8 Å². The number of aromatic nitrogens is 1. The number of pyridine rings is 1. The minimum atomic E-state index is -5.38. The molecule has 0 spiro atoms. The summed E-state index contributed by atoms with van der Waals surface area (Å²) in [4.78, 5) is 1.03. The van der Waals surface area contributed by atoms with Crippen molar-refractivity contribution < 1.29 is 39.5 Å². The largest absolute Gasteiger partial charge is 0.574 e. The number of hydrogen-bond donors (Lipinski definition) is 2. The van der Waals surface area contributed by atoms with Crippen LogP contribution in [0.5, 0.6) is 5.88 Å². The second-order valence-electron chi connectivity index (χ2n) is 3.59. The summed E-state index contributed by atoms with van der Waals surface area (Å²) >= 11 is 0. The molecule has 1 aromatic rings. The Morgan fingerprint density at radius 2 is 1.71 bits per heavy atom. The van der Waals surface area contributed by atoms with Crippen LogP contribution in [0.1, 0.15) is 11.3 Å². The topological polar surface area (TPSA) is 108 Å². The molecule has 120 valence electrons. The molecule has 0 radical (unpaired) electrons. The summed E-state index contributed by atoms with van der Waals surface area (Å²) in [5, 5.41) is 4.62. The van der Waals surface area contributed by atoms with Crippen LogP contribution in [0.15, 0.2) is 11.0 Å². The fourth-order valence-electron chi connectivity index (χ4n) is 1.39. The van der Waals surface area contributed by atoms with Crippen LogP contribution < -0.4 is 15.6 Å². The van der Waals surface area contributed by atoms with E-state index in [1.54, 1.807) is 0 Å². The van der Waals surface area contributed by atoms with Crippen LogP contribution in [0.4, 0.5) is 26.3 Å². The highest BCUT2D eigenvalue weighted by Crippen LogP contribution is 2.36. The zero-order valence-corrected chi connectivity index (χ0v) is 10.6. The molecule has 0 saturated heterocycles. The molecule has 0 saturated carbocycles. The fraction of sp³-hybridized carbons (Fsp3) is 0.375. The van der Waals surface area contributed by atoms with Gasteiger partial charge in [-0.05, 0) is 5.56 Å². The summed E-state index contributed by atoms with van der Waals surface area (Å²) in [5.74, 6) is -1.50. The SMILES string of the molecule is NCc1cc(OC(F)(F)F)nc(C(F)(F)F)c1S(N)(=O)=O. The molecular weight excluding hydrogens is 332 g/mol. The predicted molar refractivity (Wildman–Crippen MR) is 55.2 cm³/mol. The van der Waals surface area contributed by atoms with Gasteiger partial charge < -0.3 is 10.5 Å². The van der Waals surface area contributed by atoms with Gasteiger partial charge in [0.25, 0.3) is 0 Å². The summed E-state index contributed by atoms with van der Waals surface area (Å²) in [6.45, 7) is -0.828. The van der Waals surface area contributed by atoms with Crippen LogP contribution in [0.2, 0.25) is 0 Å². The molecular formula is C8H7F6N3O3S. The number of ether oxygens (including phenoxy) is 1. The van der Waals surface area contributed by atoms with Crippen molar-refractivity contribution in [3.05, 3.63) is 17.3 Å². The lowest BCUT2D eigenvalue weighted by Crippen LogP contribution is -2.25. The van der Waals surface area contributed by atoms with Gasteiger partial charge in [0.1, 0.15) is 4.90 Å². The molecule has 0 atom stereocenters. The van der Waals surface area contributed by atoms with Crippen molar-refractivity contribution in [1.82, 2.24) is 4.98 Å². The first kappa shape index (κ1) is 17.5. The van der Waals surface area contributed by atoms with E-state index in [0.717, 1.165) is 0 Å². The van der Waals surface area contributed by atoms with Gasteiger partial charge in [-0.25, -0.2) is 18.5 Å². The maximum atomic E-state index is 12.7. The first-order valence-corrected chi connectivity index (χ1v) is 6.40. The van der Waals surface area contributed by atoms with E-state index < -0.39 is 51.1 Å². The van der Waals surface area contributed by atoms with Crippen LogP contribution in [0.25, 0.3) is 0 Å². The Labute approximate surface area is 113 Å². The highest BCUT2D eigenvalue weighted by molar-refractivity contribution is 7.89. The Kier molecular flexibility index (Phi) is 4.41. The second-order valence-corrected chi connectivity index (χ2v) is 5.09. The number of nitrogens with zero attached hydrogens (tertiary/aromatic N) is 1. The monoisotopic (exact) mass is 339 g/mol. The third-order valence-electron chi connectivity index (χ3n) is 2.02. The normalized spacial score (nSPS) is 13.3. The van der Waals surface area contributed by atoms with E-state index in [2.05, 4.69) is 14.9 Å². The first-order valence-electron chi connectivity index (χ1n) is 4.85. The molecule has 1 aromatic heterocycles. The summed E-state index contributed by atoms with van der Waals surface area (Å²) in [5.41, 5.74) is 2.10. The van der Waals surface area contributed by atoms with E-state index in [4.69, 9.17) is 5.73 Å². The Morgan fingerprint density at radius 1 is 1.19 bits per heavy atom. The standard InChI is InChI=1S/C8H7F6N3O3S/c9-7(10,11)6-5(21(16,18)19)3(2-15)1-4(17-6)20-8(12,13)14/h1H,2,15H2,(H2,16,18,19). The average Bonchev–Trinajstić information content (AvgIpc) is 2.22. The summed E-state index contributed by atoms with van der Waals surface area (Å²) in [6, 6.07) is 0.322. The van der Waals surface area contributed by atoms with Gasteiger partial charge in [-0.3, -0.25) is 0 Å². The van der Waals surface area contributed by atoms with Crippen LogP contribution in [0, 0.1) is 0 Å². The Hall–Kier alpha value is -1.60. The molecule has 0 amide bonds. The molecule has 6 nitrogen and oxygen atoms in total. The van der Waals surface area contributed by atoms with E-state index in [-0.39, 0.29) is 0 Å². The number of alkyl halides is 6. The molecule has 13 heteroatoms. The lowest BCUT2D eigenvalue weighted by Gasteiger charge is -2.16. The van der Waals surface area contributed by atoms with Crippen molar-refractivity contribution in [1.29, 1.82) is 0 Å². The smallest absolute Gasteiger partial charge is 0.388 e. The van der Waals surface area contributed by atoms with Gasteiger partial charge in [-0.2, -0.15) is 13.2 Å². The number of nitrogens with two attached hydrogens (primary N) is 2. The molecule has 0 unspecified atom stereocenters. The number of rotatable bonds is 3. The molecule has 0 aliphatic heterocycles. The van der Waals surface area contributed by atoms with E-state index in [0.29, 0.717) is 6.07 Å². The quantitative estimate of drug-likeness (QED) is 0.802. The third-order valence-corrected chi connectivity index (χ3v) is 3.04. The van der Waals surface area contributed by atoms with Gasteiger partial charge in [0.05, 0.1) is 0 Å². The fourth-order valence-corrected chi connectivity index (χ4v) is 2.33. The van der Waals surface area contributed by atoms with Crippen molar-refractivity contribution in [2.45, 2.75) is 24.0 Å². The second kappa shape index (κ2) is 5.31. The Morgan fingerprint density at radius 3 is 2.05 bits per heavy atom. The zero-order chi connectivity index (χ0) is 16.6.